The van der Waals surface area contributed by atoms with Gasteiger partial charge in [-0.2, -0.15) is 0 Å². The predicted molar refractivity (Wildman–Crippen MR) is 87.8 cm³/mol. The van der Waals surface area contributed by atoms with Crippen LogP contribution in [0, 0.1) is 0 Å². The van der Waals surface area contributed by atoms with E-state index < -0.39 is 14.6 Å². The highest BCUT2D eigenvalue weighted by Crippen LogP contribution is 2.42. The normalized spacial score (nSPS) is 17.4. The number of amides is 1. The van der Waals surface area contributed by atoms with Crippen LogP contribution in [0.15, 0.2) is 29.2 Å². The second-order valence-electron chi connectivity index (χ2n) is 5.64. The fourth-order valence-corrected chi connectivity index (χ4v) is 5.44. The zero-order chi connectivity index (χ0) is 16.4. The maximum absolute atomic E-state index is 13.2. The molecular formula is C16H22ClNO3S. The number of benzene rings is 1. The number of carbonyl (C=O) groups excluding carboxylic acids is 1. The van der Waals surface area contributed by atoms with Gasteiger partial charge in [0.25, 0.3) is 0 Å². The summed E-state index contributed by atoms with van der Waals surface area (Å²) in [5.41, 5.74) is 0. The van der Waals surface area contributed by atoms with Crippen molar-refractivity contribution >= 4 is 27.3 Å². The Kier molecular flexibility index (Phi) is 5.17. The number of rotatable bonds is 5. The Bertz CT molecular complexity index is 630. The minimum absolute atomic E-state index is 0.180. The maximum atomic E-state index is 13.2. The second-order valence-corrected chi connectivity index (χ2v) is 8.33. The van der Waals surface area contributed by atoms with Crippen LogP contribution in [0.3, 0.4) is 0 Å². The van der Waals surface area contributed by atoms with Gasteiger partial charge in [0.05, 0.1) is 4.90 Å². The van der Waals surface area contributed by atoms with E-state index in [1.165, 1.54) is 12.1 Å². The molecule has 1 amide bonds. The van der Waals surface area contributed by atoms with E-state index in [1.54, 1.807) is 17.0 Å². The average Bonchev–Trinajstić information content (AvgIpc) is 3.00. The van der Waals surface area contributed by atoms with E-state index in [1.807, 2.05) is 13.8 Å². The van der Waals surface area contributed by atoms with Crippen molar-refractivity contribution in [2.24, 2.45) is 0 Å². The Hall–Kier alpha value is -1.07. The average molecular weight is 344 g/mol. The molecule has 1 aromatic rings. The topological polar surface area (TPSA) is 54.5 Å². The highest BCUT2D eigenvalue weighted by atomic mass is 35.5. The molecule has 0 N–H and O–H groups in total. The van der Waals surface area contributed by atoms with Gasteiger partial charge < -0.3 is 4.90 Å². The van der Waals surface area contributed by atoms with Crippen molar-refractivity contribution in [1.82, 2.24) is 4.90 Å². The van der Waals surface area contributed by atoms with Crippen LogP contribution in [0.4, 0.5) is 0 Å². The number of hydrogen-bond donors (Lipinski definition) is 0. The Labute approximate surface area is 137 Å². The zero-order valence-corrected chi connectivity index (χ0v) is 14.6. The van der Waals surface area contributed by atoms with E-state index in [4.69, 9.17) is 11.6 Å². The fraction of sp³-hybridized carbons (Fsp3) is 0.562. The molecule has 1 saturated carbocycles. The highest BCUT2D eigenvalue weighted by Gasteiger charge is 2.54. The molecule has 6 heteroatoms. The quantitative estimate of drug-likeness (QED) is 0.824. The number of nitrogens with zero attached hydrogens (tertiary/aromatic N) is 1. The lowest BCUT2D eigenvalue weighted by Gasteiger charge is -2.33. The van der Waals surface area contributed by atoms with E-state index in [0.29, 0.717) is 31.0 Å². The monoisotopic (exact) mass is 343 g/mol. The summed E-state index contributed by atoms with van der Waals surface area (Å²) < 4.78 is 25.0. The van der Waals surface area contributed by atoms with Gasteiger partial charge in [0.2, 0.25) is 5.91 Å². The zero-order valence-electron chi connectivity index (χ0n) is 13.0. The summed E-state index contributed by atoms with van der Waals surface area (Å²) in [5, 5.41) is 0.481. The lowest BCUT2D eigenvalue weighted by Crippen LogP contribution is -2.52. The molecule has 122 valence electrons. The number of halogens is 1. The van der Waals surface area contributed by atoms with Crippen molar-refractivity contribution in [3.63, 3.8) is 0 Å². The molecule has 4 nitrogen and oxygen atoms in total. The Balaban J connectivity index is 2.51. The van der Waals surface area contributed by atoms with Gasteiger partial charge >= 0.3 is 0 Å². The van der Waals surface area contributed by atoms with Gasteiger partial charge in [-0.05, 0) is 51.0 Å². The van der Waals surface area contributed by atoms with Crippen molar-refractivity contribution in [2.45, 2.75) is 49.2 Å². The Morgan fingerprint density at radius 1 is 1.14 bits per heavy atom. The van der Waals surface area contributed by atoms with Crippen LogP contribution in [0.2, 0.25) is 5.02 Å². The van der Waals surface area contributed by atoms with Crippen molar-refractivity contribution in [1.29, 1.82) is 0 Å². The lowest BCUT2D eigenvalue weighted by molar-refractivity contribution is -0.133. The van der Waals surface area contributed by atoms with Crippen LogP contribution in [-0.4, -0.2) is 37.1 Å². The Morgan fingerprint density at radius 2 is 1.64 bits per heavy atom. The lowest BCUT2D eigenvalue weighted by atomic mass is 10.1. The van der Waals surface area contributed by atoms with Crippen molar-refractivity contribution in [3.05, 3.63) is 29.3 Å². The molecule has 0 spiro atoms. The molecule has 1 aromatic carbocycles. The smallest absolute Gasteiger partial charge is 0.244 e. The van der Waals surface area contributed by atoms with Gasteiger partial charge in [0.1, 0.15) is 0 Å². The third kappa shape index (κ3) is 2.76. The van der Waals surface area contributed by atoms with Crippen molar-refractivity contribution in [3.8, 4) is 0 Å². The van der Waals surface area contributed by atoms with Gasteiger partial charge in [-0.15, -0.1) is 0 Å². The summed E-state index contributed by atoms with van der Waals surface area (Å²) in [6.07, 6.45) is 2.32. The maximum Gasteiger partial charge on any atom is 0.244 e. The van der Waals surface area contributed by atoms with Gasteiger partial charge in [-0.25, -0.2) is 8.42 Å². The van der Waals surface area contributed by atoms with E-state index in [-0.39, 0.29) is 10.8 Å². The molecule has 1 fully saturated rings. The summed E-state index contributed by atoms with van der Waals surface area (Å²) in [6.45, 7) is 4.79. The molecule has 0 radical (unpaired) electrons. The first-order valence-corrected chi connectivity index (χ1v) is 9.54. The van der Waals surface area contributed by atoms with Gasteiger partial charge in [0, 0.05) is 18.1 Å². The molecule has 0 heterocycles. The summed E-state index contributed by atoms with van der Waals surface area (Å²) in [4.78, 5) is 14.7. The van der Waals surface area contributed by atoms with E-state index in [2.05, 4.69) is 0 Å². The molecule has 22 heavy (non-hydrogen) atoms. The third-order valence-corrected chi connectivity index (χ3v) is 7.25. The summed E-state index contributed by atoms with van der Waals surface area (Å²) >= 11 is 5.84. The standard InChI is InChI=1S/C16H22ClNO3S/c1-3-18(4-2)15(19)16(11-5-6-12-16)22(20,21)14-9-7-13(17)8-10-14/h7-10H,3-6,11-12H2,1-2H3. The Morgan fingerprint density at radius 3 is 2.09 bits per heavy atom. The van der Waals surface area contributed by atoms with E-state index >= 15 is 0 Å². The van der Waals surface area contributed by atoms with Gasteiger partial charge in [-0.3, -0.25) is 4.79 Å². The first kappa shape index (κ1) is 17.3. The third-order valence-electron chi connectivity index (χ3n) is 4.49. The van der Waals surface area contributed by atoms with Gasteiger partial charge in [0.15, 0.2) is 14.6 Å². The predicted octanol–water partition coefficient (Wildman–Crippen LogP) is 3.29. The molecule has 0 unspecified atom stereocenters. The summed E-state index contributed by atoms with van der Waals surface area (Å²) in [7, 11) is -3.73. The molecule has 0 atom stereocenters. The van der Waals surface area contributed by atoms with Crippen LogP contribution >= 0.6 is 11.6 Å². The first-order chi connectivity index (χ1) is 10.4. The molecule has 1 aliphatic carbocycles. The van der Waals surface area contributed by atoms with Crippen LogP contribution in [-0.2, 0) is 14.6 Å². The van der Waals surface area contributed by atoms with Crippen LogP contribution < -0.4 is 0 Å². The van der Waals surface area contributed by atoms with Crippen molar-refractivity contribution < 1.29 is 13.2 Å². The molecule has 0 aliphatic heterocycles. The minimum Gasteiger partial charge on any atom is -0.342 e. The molecule has 1 aliphatic rings. The van der Waals surface area contributed by atoms with Crippen LogP contribution in [0.5, 0.6) is 0 Å². The molecule has 0 bridgehead atoms. The summed E-state index contributed by atoms with van der Waals surface area (Å²) in [6, 6.07) is 6.10. The SMILES string of the molecule is CCN(CC)C(=O)C1(S(=O)(=O)c2ccc(Cl)cc2)CCCC1. The number of hydrogen-bond acceptors (Lipinski definition) is 3. The van der Waals surface area contributed by atoms with Crippen LogP contribution in [0.25, 0.3) is 0 Å². The molecular weight excluding hydrogens is 322 g/mol. The molecule has 0 saturated heterocycles. The van der Waals surface area contributed by atoms with Crippen LogP contribution in [0.1, 0.15) is 39.5 Å². The van der Waals surface area contributed by atoms with E-state index in [0.717, 1.165) is 12.8 Å². The fourth-order valence-electron chi connectivity index (χ4n) is 3.18. The number of carbonyl (C=O) groups is 1. The minimum atomic E-state index is -3.73. The summed E-state index contributed by atoms with van der Waals surface area (Å²) in [5.74, 6) is -0.259. The second kappa shape index (κ2) is 6.59. The largest absolute Gasteiger partial charge is 0.342 e. The number of sulfone groups is 1. The first-order valence-electron chi connectivity index (χ1n) is 7.68. The van der Waals surface area contributed by atoms with Gasteiger partial charge in [-0.1, -0.05) is 24.4 Å². The van der Waals surface area contributed by atoms with E-state index in [9.17, 15) is 13.2 Å². The molecule has 0 aromatic heterocycles. The van der Waals surface area contributed by atoms with Crippen molar-refractivity contribution in [2.75, 3.05) is 13.1 Å². The molecule has 2 rings (SSSR count). The highest BCUT2D eigenvalue weighted by molar-refractivity contribution is 7.93.